The zero-order valence-corrected chi connectivity index (χ0v) is 13.8. The van der Waals surface area contributed by atoms with Crippen molar-refractivity contribution in [1.29, 1.82) is 0 Å². The van der Waals surface area contributed by atoms with Gasteiger partial charge in [0, 0.05) is 11.4 Å². The van der Waals surface area contributed by atoms with Crippen LogP contribution in [-0.4, -0.2) is 19.6 Å². The van der Waals surface area contributed by atoms with Crippen molar-refractivity contribution in [2.45, 2.75) is 27.0 Å². The molecular weight excluding hydrogens is 324 g/mol. The molecule has 1 heterocycles. The van der Waals surface area contributed by atoms with Crippen LogP contribution in [0.25, 0.3) is 0 Å². The van der Waals surface area contributed by atoms with Crippen LogP contribution in [-0.2, 0) is 6.54 Å². The molecule has 2 rings (SSSR count). The summed E-state index contributed by atoms with van der Waals surface area (Å²) in [4.78, 5) is 13.8. The first-order valence-electron chi connectivity index (χ1n) is 6.87. The highest BCUT2D eigenvalue weighted by molar-refractivity contribution is 7.14. The fourth-order valence-electron chi connectivity index (χ4n) is 1.97. The molecule has 0 saturated carbocycles. The molecule has 0 fully saturated rings. The Labute approximate surface area is 137 Å². The van der Waals surface area contributed by atoms with Crippen LogP contribution >= 0.6 is 11.3 Å². The van der Waals surface area contributed by atoms with E-state index in [1.807, 2.05) is 19.9 Å². The van der Waals surface area contributed by atoms with Crippen LogP contribution in [0.1, 0.15) is 25.7 Å². The summed E-state index contributed by atoms with van der Waals surface area (Å²) in [5.41, 5.74) is 1.71. The van der Waals surface area contributed by atoms with Crippen molar-refractivity contribution in [3.8, 4) is 11.5 Å². The van der Waals surface area contributed by atoms with Gasteiger partial charge in [-0.1, -0.05) is 6.07 Å². The lowest BCUT2D eigenvalue weighted by atomic mass is 10.2. The molecule has 0 spiro atoms. The lowest BCUT2D eigenvalue weighted by molar-refractivity contribution is -0.0512. The molecule has 0 saturated heterocycles. The highest BCUT2D eigenvalue weighted by atomic mass is 32.1. The van der Waals surface area contributed by atoms with Gasteiger partial charge < -0.3 is 14.8 Å². The normalized spacial score (nSPS) is 10.7. The van der Waals surface area contributed by atoms with Gasteiger partial charge in [-0.15, -0.1) is 11.3 Å². The van der Waals surface area contributed by atoms with Crippen LogP contribution in [0.3, 0.4) is 0 Å². The van der Waals surface area contributed by atoms with E-state index in [0.29, 0.717) is 10.4 Å². The summed E-state index contributed by atoms with van der Waals surface area (Å²) in [6.07, 6.45) is 0. The Bertz CT molecular complexity index is 681. The third-order valence-corrected chi connectivity index (χ3v) is 4.44. The van der Waals surface area contributed by atoms with E-state index in [9.17, 15) is 13.6 Å². The molecule has 2 aromatic rings. The average molecular weight is 341 g/mol. The zero-order chi connectivity index (χ0) is 17.0. The number of aryl methyl sites for hydroxylation is 2. The predicted octanol–water partition coefficient (Wildman–Crippen LogP) is 3.90. The molecule has 0 radical (unpaired) electrons. The van der Waals surface area contributed by atoms with E-state index in [4.69, 9.17) is 4.74 Å². The van der Waals surface area contributed by atoms with E-state index < -0.39 is 6.61 Å². The maximum atomic E-state index is 12.4. The first kappa shape index (κ1) is 17.2. The molecule has 0 atom stereocenters. The first-order valence-corrected chi connectivity index (χ1v) is 7.69. The lowest BCUT2D eigenvalue weighted by Gasteiger charge is -2.12. The van der Waals surface area contributed by atoms with Gasteiger partial charge in [0.05, 0.1) is 12.0 Å². The number of nitrogens with one attached hydrogen (secondary N) is 1. The van der Waals surface area contributed by atoms with Gasteiger partial charge in [0.15, 0.2) is 11.5 Å². The van der Waals surface area contributed by atoms with Crippen molar-refractivity contribution >= 4 is 17.2 Å². The Morgan fingerprint density at radius 3 is 2.57 bits per heavy atom. The highest BCUT2D eigenvalue weighted by Crippen LogP contribution is 2.29. The monoisotopic (exact) mass is 341 g/mol. The summed E-state index contributed by atoms with van der Waals surface area (Å²) in [6.45, 7) is 1.16. The van der Waals surface area contributed by atoms with Crippen LogP contribution in [0.5, 0.6) is 11.5 Å². The van der Waals surface area contributed by atoms with Crippen LogP contribution < -0.4 is 14.8 Å². The Morgan fingerprint density at radius 2 is 2.00 bits per heavy atom. The molecule has 7 heteroatoms. The number of benzene rings is 1. The summed E-state index contributed by atoms with van der Waals surface area (Å²) in [6, 6.07) is 6.46. The molecule has 0 aliphatic heterocycles. The third-order valence-electron chi connectivity index (χ3n) is 3.29. The maximum absolute atomic E-state index is 12.4. The van der Waals surface area contributed by atoms with Crippen molar-refractivity contribution in [1.82, 2.24) is 5.32 Å². The van der Waals surface area contributed by atoms with E-state index in [2.05, 4.69) is 10.1 Å². The van der Waals surface area contributed by atoms with Gasteiger partial charge in [0.2, 0.25) is 0 Å². The number of methoxy groups -OCH3 is 1. The second-order valence-corrected chi connectivity index (χ2v) is 6.15. The van der Waals surface area contributed by atoms with Gasteiger partial charge in [-0.3, -0.25) is 4.79 Å². The van der Waals surface area contributed by atoms with Crippen LogP contribution in [0.4, 0.5) is 8.78 Å². The lowest BCUT2D eigenvalue weighted by Crippen LogP contribution is -2.21. The number of halogens is 2. The molecule has 23 heavy (non-hydrogen) atoms. The summed E-state index contributed by atoms with van der Waals surface area (Å²) in [5, 5.41) is 2.76. The quantitative estimate of drug-likeness (QED) is 0.867. The van der Waals surface area contributed by atoms with Crippen molar-refractivity contribution in [2.24, 2.45) is 0 Å². The zero-order valence-electron chi connectivity index (χ0n) is 13.0. The SMILES string of the molecule is COc1ccc(CNC(=O)c2cc(C)c(C)s2)cc1OC(F)F. The number of alkyl halides is 2. The molecule has 1 amide bonds. The predicted molar refractivity (Wildman–Crippen MR) is 84.6 cm³/mol. The molecular formula is C16H17F2NO3S. The minimum Gasteiger partial charge on any atom is -0.493 e. The van der Waals surface area contributed by atoms with Gasteiger partial charge in [-0.2, -0.15) is 8.78 Å². The van der Waals surface area contributed by atoms with E-state index in [1.165, 1.54) is 30.6 Å². The number of hydrogen-bond donors (Lipinski definition) is 1. The fraction of sp³-hybridized carbons (Fsp3) is 0.312. The standard InChI is InChI=1S/C16H17F2NO3S/c1-9-6-14(23-10(9)2)15(20)19-8-11-4-5-12(21-3)13(7-11)22-16(17)18/h4-7,16H,8H2,1-3H3,(H,19,20). The number of ether oxygens (including phenoxy) is 2. The van der Waals surface area contributed by atoms with E-state index in [-0.39, 0.29) is 24.0 Å². The van der Waals surface area contributed by atoms with Crippen LogP contribution in [0, 0.1) is 13.8 Å². The van der Waals surface area contributed by atoms with Crippen molar-refractivity contribution in [2.75, 3.05) is 7.11 Å². The minimum atomic E-state index is -2.94. The van der Waals surface area contributed by atoms with Gasteiger partial charge in [-0.25, -0.2) is 0 Å². The summed E-state index contributed by atoms with van der Waals surface area (Å²) in [7, 11) is 1.37. The topological polar surface area (TPSA) is 47.6 Å². The Kier molecular flexibility index (Phi) is 5.54. The molecule has 124 valence electrons. The highest BCUT2D eigenvalue weighted by Gasteiger charge is 2.13. The second-order valence-electron chi connectivity index (χ2n) is 4.90. The van der Waals surface area contributed by atoms with Crippen LogP contribution in [0.2, 0.25) is 0 Å². The molecule has 1 aromatic heterocycles. The minimum absolute atomic E-state index is 0.0583. The number of carbonyl (C=O) groups excluding carboxylic acids is 1. The van der Waals surface area contributed by atoms with Gasteiger partial charge in [0.25, 0.3) is 5.91 Å². The maximum Gasteiger partial charge on any atom is 0.387 e. The number of rotatable bonds is 6. The second kappa shape index (κ2) is 7.41. The molecule has 0 unspecified atom stereocenters. The van der Waals surface area contributed by atoms with E-state index >= 15 is 0 Å². The third kappa shape index (κ3) is 4.41. The van der Waals surface area contributed by atoms with Crippen LogP contribution in [0.15, 0.2) is 24.3 Å². The van der Waals surface area contributed by atoms with Crippen molar-refractivity contribution in [3.05, 3.63) is 45.1 Å². The van der Waals surface area contributed by atoms with Crippen molar-refractivity contribution in [3.63, 3.8) is 0 Å². The van der Waals surface area contributed by atoms with Gasteiger partial charge >= 0.3 is 6.61 Å². The number of hydrogen-bond acceptors (Lipinski definition) is 4. The largest absolute Gasteiger partial charge is 0.493 e. The number of thiophene rings is 1. The Balaban J connectivity index is 2.06. The number of carbonyl (C=O) groups is 1. The Morgan fingerprint density at radius 1 is 1.26 bits per heavy atom. The molecule has 0 aliphatic carbocycles. The van der Waals surface area contributed by atoms with Gasteiger partial charge in [0.1, 0.15) is 0 Å². The molecule has 1 aromatic carbocycles. The number of amides is 1. The molecule has 0 bridgehead atoms. The summed E-state index contributed by atoms with van der Waals surface area (Å²) in [5.74, 6) is -0.0414. The average Bonchev–Trinajstić information content (AvgIpc) is 2.84. The fourth-order valence-corrected chi connectivity index (χ4v) is 2.92. The molecule has 1 N–H and O–H groups in total. The van der Waals surface area contributed by atoms with Crippen molar-refractivity contribution < 1.29 is 23.0 Å². The summed E-state index contributed by atoms with van der Waals surface area (Å²) >= 11 is 1.42. The smallest absolute Gasteiger partial charge is 0.387 e. The molecule has 4 nitrogen and oxygen atoms in total. The Hall–Kier alpha value is -2.15. The van der Waals surface area contributed by atoms with Gasteiger partial charge in [-0.05, 0) is 43.2 Å². The van der Waals surface area contributed by atoms with E-state index in [1.54, 1.807) is 6.07 Å². The first-order chi connectivity index (χ1) is 10.9. The summed E-state index contributed by atoms with van der Waals surface area (Å²) < 4.78 is 34.2. The molecule has 0 aliphatic rings. The van der Waals surface area contributed by atoms with E-state index in [0.717, 1.165) is 10.4 Å².